The van der Waals surface area contributed by atoms with E-state index in [9.17, 15) is 22.4 Å². The highest BCUT2D eigenvalue weighted by atomic mass is 19.3. The minimum atomic E-state index is -4.55. The number of ketones is 1. The average Bonchev–Trinajstić information content (AvgIpc) is 2.36. The standard InChI is InChI=1S/C17H22F4O2/c1-11(10-16(2,3)4)9-14(22)12-5-7-13(8-6-12)23-17(20,21)15(18)19/h5-8,11,15H,9-10H2,1-4H3. The van der Waals surface area contributed by atoms with Crippen molar-refractivity contribution in [3.63, 3.8) is 0 Å². The van der Waals surface area contributed by atoms with Crippen LogP contribution in [0.15, 0.2) is 24.3 Å². The maximum Gasteiger partial charge on any atom is 0.461 e. The van der Waals surface area contributed by atoms with E-state index in [4.69, 9.17) is 0 Å². The van der Waals surface area contributed by atoms with Gasteiger partial charge in [0.2, 0.25) is 0 Å². The molecule has 0 aliphatic carbocycles. The summed E-state index contributed by atoms with van der Waals surface area (Å²) in [7, 11) is 0. The first-order valence-corrected chi connectivity index (χ1v) is 7.39. The van der Waals surface area contributed by atoms with Gasteiger partial charge >= 0.3 is 12.5 Å². The number of hydrogen-bond donors (Lipinski definition) is 0. The van der Waals surface area contributed by atoms with Gasteiger partial charge in [0.15, 0.2) is 5.78 Å². The van der Waals surface area contributed by atoms with Crippen molar-refractivity contribution in [3.8, 4) is 5.75 Å². The molecule has 2 nitrogen and oxygen atoms in total. The fraction of sp³-hybridized carbons (Fsp3) is 0.588. The molecule has 0 aliphatic rings. The predicted molar refractivity (Wildman–Crippen MR) is 80.2 cm³/mol. The third-order valence-corrected chi connectivity index (χ3v) is 3.18. The van der Waals surface area contributed by atoms with E-state index >= 15 is 0 Å². The smallest absolute Gasteiger partial charge is 0.428 e. The molecule has 1 aromatic carbocycles. The third-order valence-electron chi connectivity index (χ3n) is 3.18. The van der Waals surface area contributed by atoms with Gasteiger partial charge in [-0.2, -0.15) is 17.6 Å². The first-order chi connectivity index (χ1) is 10.4. The second-order valence-electron chi connectivity index (χ2n) is 6.99. The van der Waals surface area contributed by atoms with Crippen LogP contribution in [0, 0.1) is 11.3 Å². The predicted octanol–water partition coefficient (Wildman–Crippen LogP) is 5.57. The molecule has 1 atom stereocenters. The van der Waals surface area contributed by atoms with Crippen molar-refractivity contribution >= 4 is 5.78 Å². The molecule has 6 heteroatoms. The highest BCUT2D eigenvalue weighted by molar-refractivity contribution is 5.96. The summed E-state index contributed by atoms with van der Waals surface area (Å²) in [5.74, 6) is -0.342. The van der Waals surface area contributed by atoms with Gasteiger partial charge in [-0.1, -0.05) is 27.7 Å². The van der Waals surface area contributed by atoms with E-state index in [0.29, 0.717) is 12.0 Å². The zero-order valence-corrected chi connectivity index (χ0v) is 13.7. The van der Waals surface area contributed by atoms with E-state index in [-0.39, 0.29) is 17.1 Å². The number of alkyl halides is 4. The Kier molecular flexibility index (Phi) is 6.19. The first-order valence-electron chi connectivity index (χ1n) is 7.39. The van der Waals surface area contributed by atoms with E-state index in [1.807, 2.05) is 6.92 Å². The van der Waals surface area contributed by atoms with Crippen LogP contribution >= 0.6 is 0 Å². The first kappa shape index (κ1) is 19.5. The molecule has 0 heterocycles. The second-order valence-corrected chi connectivity index (χ2v) is 6.99. The van der Waals surface area contributed by atoms with Crippen LogP contribution in [0.1, 0.15) is 50.9 Å². The van der Waals surface area contributed by atoms with Crippen LogP contribution in [-0.2, 0) is 0 Å². The molecule has 1 aromatic rings. The summed E-state index contributed by atoms with van der Waals surface area (Å²) in [6, 6.07) is 4.81. The van der Waals surface area contributed by atoms with Crippen LogP contribution in [0.25, 0.3) is 0 Å². The molecule has 0 aromatic heterocycles. The Labute approximate surface area is 133 Å². The molecule has 0 radical (unpaired) electrons. The quantitative estimate of drug-likeness (QED) is 0.481. The van der Waals surface area contributed by atoms with Crippen LogP contribution in [0.2, 0.25) is 0 Å². The SMILES string of the molecule is CC(CC(=O)c1ccc(OC(F)(F)C(F)F)cc1)CC(C)(C)C. The highest BCUT2D eigenvalue weighted by Gasteiger charge is 2.43. The van der Waals surface area contributed by atoms with Gasteiger partial charge in [-0.25, -0.2) is 0 Å². The summed E-state index contributed by atoms with van der Waals surface area (Å²) < 4.78 is 53.6. The van der Waals surface area contributed by atoms with Crippen molar-refractivity contribution in [1.82, 2.24) is 0 Å². The Balaban J connectivity index is 2.68. The van der Waals surface area contributed by atoms with Gasteiger partial charge in [0, 0.05) is 12.0 Å². The molecule has 130 valence electrons. The number of rotatable bonds is 7. The lowest BCUT2D eigenvalue weighted by molar-refractivity contribution is -0.253. The number of Topliss-reactive ketones (excluding diaryl/α,β-unsaturated/α-hetero) is 1. The third kappa shape index (κ3) is 6.59. The van der Waals surface area contributed by atoms with Crippen LogP contribution in [0.4, 0.5) is 17.6 Å². The topological polar surface area (TPSA) is 26.3 Å². The number of hydrogen-bond acceptors (Lipinski definition) is 2. The van der Waals surface area contributed by atoms with Gasteiger partial charge in [-0.15, -0.1) is 0 Å². The molecule has 0 spiro atoms. The molecule has 0 aliphatic heterocycles. The lowest BCUT2D eigenvalue weighted by Crippen LogP contribution is -2.33. The lowest BCUT2D eigenvalue weighted by Gasteiger charge is -2.22. The van der Waals surface area contributed by atoms with Gasteiger partial charge in [0.25, 0.3) is 0 Å². The highest BCUT2D eigenvalue weighted by Crippen LogP contribution is 2.29. The molecule has 0 amide bonds. The lowest BCUT2D eigenvalue weighted by atomic mass is 9.83. The number of benzene rings is 1. The summed E-state index contributed by atoms with van der Waals surface area (Å²) in [5.41, 5.74) is 0.455. The Morgan fingerprint density at radius 1 is 1.13 bits per heavy atom. The summed E-state index contributed by atoms with van der Waals surface area (Å²) in [6.45, 7) is 8.24. The van der Waals surface area contributed by atoms with E-state index in [1.165, 1.54) is 12.1 Å². The normalized spacial score (nSPS) is 14.0. The minimum absolute atomic E-state index is 0.109. The van der Waals surface area contributed by atoms with E-state index in [1.54, 1.807) is 0 Å². The molecule has 0 N–H and O–H groups in total. The van der Waals surface area contributed by atoms with Crippen molar-refractivity contribution in [1.29, 1.82) is 0 Å². The van der Waals surface area contributed by atoms with Crippen molar-refractivity contribution in [2.75, 3.05) is 0 Å². The molecular weight excluding hydrogens is 312 g/mol. The number of ether oxygens (including phenoxy) is 1. The van der Waals surface area contributed by atoms with Crippen molar-refractivity contribution in [2.45, 2.75) is 53.1 Å². The van der Waals surface area contributed by atoms with Crippen LogP contribution in [-0.4, -0.2) is 18.3 Å². The Bertz CT molecular complexity index is 518. The maximum absolute atomic E-state index is 12.8. The van der Waals surface area contributed by atoms with Gasteiger partial charge < -0.3 is 4.74 Å². The Morgan fingerprint density at radius 2 is 1.65 bits per heavy atom. The Morgan fingerprint density at radius 3 is 2.09 bits per heavy atom. The molecule has 1 unspecified atom stereocenters. The molecule has 0 saturated carbocycles. The number of carbonyl (C=O) groups is 1. The average molecular weight is 334 g/mol. The fourth-order valence-corrected chi connectivity index (χ4v) is 2.46. The van der Waals surface area contributed by atoms with E-state index in [2.05, 4.69) is 25.5 Å². The second kappa shape index (κ2) is 7.32. The summed E-state index contributed by atoms with van der Waals surface area (Å²) >= 11 is 0. The monoisotopic (exact) mass is 334 g/mol. The van der Waals surface area contributed by atoms with Crippen molar-refractivity contribution < 1.29 is 27.1 Å². The van der Waals surface area contributed by atoms with E-state index < -0.39 is 18.3 Å². The van der Waals surface area contributed by atoms with Gasteiger partial charge in [0.05, 0.1) is 0 Å². The zero-order valence-electron chi connectivity index (χ0n) is 13.7. The van der Waals surface area contributed by atoms with Crippen LogP contribution < -0.4 is 4.74 Å². The largest absolute Gasteiger partial charge is 0.461 e. The van der Waals surface area contributed by atoms with Gasteiger partial charge in [-0.3, -0.25) is 4.79 Å². The van der Waals surface area contributed by atoms with Crippen molar-refractivity contribution in [3.05, 3.63) is 29.8 Å². The molecule has 1 rings (SSSR count). The summed E-state index contributed by atoms with van der Waals surface area (Å²) in [6.07, 6.45) is -7.25. The summed E-state index contributed by atoms with van der Waals surface area (Å²) in [4.78, 5) is 12.1. The Hall–Kier alpha value is -1.59. The molecule has 0 bridgehead atoms. The van der Waals surface area contributed by atoms with Crippen LogP contribution in [0.3, 0.4) is 0 Å². The fourth-order valence-electron chi connectivity index (χ4n) is 2.46. The molecule has 0 saturated heterocycles. The number of halogens is 4. The van der Waals surface area contributed by atoms with Crippen molar-refractivity contribution in [2.24, 2.45) is 11.3 Å². The zero-order chi connectivity index (χ0) is 17.8. The summed E-state index contributed by atoms with van der Waals surface area (Å²) in [5, 5.41) is 0. The number of carbonyl (C=O) groups excluding carboxylic acids is 1. The van der Waals surface area contributed by atoms with E-state index in [0.717, 1.165) is 18.6 Å². The molecule has 0 fully saturated rings. The molecule has 23 heavy (non-hydrogen) atoms. The maximum atomic E-state index is 12.8. The molecular formula is C17H22F4O2. The minimum Gasteiger partial charge on any atom is -0.428 e. The van der Waals surface area contributed by atoms with Crippen LogP contribution in [0.5, 0.6) is 5.75 Å². The van der Waals surface area contributed by atoms with Gasteiger partial charge in [-0.05, 0) is 42.0 Å². The van der Waals surface area contributed by atoms with Gasteiger partial charge in [0.1, 0.15) is 5.75 Å².